The number of ether oxygens (including phenoxy) is 3. The number of amides is 1. The number of aryl methyl sites for hydroxylation is 1. The predicted octanol–water partition coefficient (Wildman–Crippen LogP) is 4.08. The van der Waals surface area contributed by atoms with Gasteiger partial charge < -0.3 is 24.4 Å². The zero-order valence-corrected chi connectivity index (χ0v) is 19.8. The number of piperidine rings is 1. The summed E-state index contributed by atoms with van der Waals surface area (Å²) in [5, 5.41) is 3.03. The van der Waals surface area contributed by atoms with Crippen molar-refractivity contribution in [3.63, 3.8) is 0 Å². The highest BCUT2D eigenvalue weighted by atomic mass is 16.5. The van der Waals surface area contributed by atoms with Gasteiger partial charge in [-0.05, 0) is 62.8 Å². The van der Waals surface area contributed by atoms with Crippen molar-refractivity contribution in [2.75, 3.05) is 40.4 Å². The fraction of sp³-hybridized carbons (Fsp3) is 0.519. The molecule has 0 radical (unpaired) electrons. The van der Waals surface area contributed by atoms with E-state index < -0.39 is 0 Å². The van der Waals surface area contributed by atoms with Crippen LogP contribution >= 0.6 is 0 Å². The second-order valence-electron chi connectivity index (χ2n) is 9.17. The Hall–Kier alpha value is -2.57. The van der Waals surface area contributed by atoms with Gasteiger partial charge in [0.05, 0.1) is 31.5 Å². The number of methoxy groups -OCH3 is 2. The Morgan fingerprint density at radius 3 is 2.61 bits per heavy atom. The molecule has 6 nitrogen and oxygen atoms in total. The zero-order valence-electron chi connectivity index (χ0n) is 19.8. The molecule has 178 valence electrons. The van der Waals surface area contributed by atoms with Crippen LogP contribution in [0.1, 0.15) is 48.0 Å². The first-order valence-electron chi connectivity index (χ1n) is 12.1. The molecule has 2 aliphatic rings. The highest BCUT2D eigenvalue weighted by Gasteiger charge is 2.42. The molecule has 33 heavy (non-hydrogen) atoms. The van der Waals surface area contributed by atoms with E-state index in [0.29, 0.717) is 23.6 Å². The van der Waals surface area contributed by atoms with Crippen LogP contribution < -0.4 is 14.8 Å². The number of benzene rings is 2. The predicted molar refractivity (Wildman–Crippen MR) is 129 cm³/mol. The summed E-state index contributed by atoms with van der Waals surface area (Å²) in [5.74, 6) is 1.03. The van der Waals surface area contributed by atoms with Gasteiger partial charge >= 0.3 is 0 Å². The lowest BCUT2D eigenvalue weighted by molar-refractivity contribution is -0.0754. The lowest BCUT2D eigenvalue weighted by atomic mass is 9.88. The Bertz CT molecular complexity index is 910. The van der Waals surface area contributed by atoms with Crippen molar-refractivity contribution in [3.8, 4) is 11.5 Å². The van der Waals surface area contributed by atoms with Gasteiger partial charge in [-0.1, -0.05) is 30.3 Å². The molecule has 4 rings (SSSR count). The van der Waals surface area contributed by atoms with Crippen molar-refractivity contribution >= 4 is 5.91 Å². The quantitative estimate of drug-likeness (QED) is 0.621. The molecule has 6 heteroatoms. The third-order valence-electron chi connectivity index (χ3n) is 7.03. The lowest BCUT2D eigenvalue weighted by Crippen LogP contribution is -2.45. The van der Waals surface area contributed by atoms with E-state index in [2.05, 4.69) is 40.5 Å². The van der Waals surface area contributed by atoms with Crippen LogP contribution in [0.5, 0.6) is 11.5 Å². The van der Waals surface area contributed by atoms with Crippen LogP contribution in [0.2, 0.25) is 0 Å². The third kappa shape index (κ3) is 6.06. The van der Waals surface area contributed by atoms with Gasteiger partial charge in [0.15, 0.2) is 0 Å². The number of likely N-dealkylation sites (tertiary alicyclic amines) is 1. The molecule has 1 N–H and O–H groups in total. The molecule has 0 saturated carbocycles. The van der Waals surface area contributed by atoms with Crippen LogP contribution in [0.25, 0.3) is 0 Å². The highest BCUT2D eigenvalue weighted by molar-refractivity contribution is 5.97. The van der Waals surface area contributed by atoms with Crippen molar-refractivity contribution < 1.29 is 19.0 Å². The highest BCUT2D eigenvalue weighted by Crippen LogP contribution is 2.38. The molecular weight excluding hydrogens is 416 g/mol. The summed E-state index contributed by atoms with van der Waals surface area (Å²) in [4.78, 5) is 15.3. The summed E-state index contributed by atoms with van der Waals surface area (Å²) in [6, 6.07) is 16.0. The molecule has 1 amide bonds. The normalized spacial score (nSPS) is 20.0. The maximum atomic E-state index is 12.7. The number of carbonyl (C=O) groups is 1. The number of rotatable bonds is 9. The number of hydrogen-bond donors (Lipinski definition) is 1. The minimum Gasteiger partial charge on any atom is -0.497 e. The number of hydrogen-bond acceptors (Lipinski definition) is 5. The minimum atomic E-state index is -0.146. The fourth-order valence-electron chi connectivity index (χ4n) is 5.03. The van der Waals surface area contributed by atoms with Crippen LogP contribution in [0.3, 0.4) is 0 Å². The summed E-state index contributed by atoms with van der Waals surface area (Å²) in [6.45, 7) is 3.86. The van der Waals surface area contributed by atoms with E-state index in [-0.39, 0.29) is 17.6 Å². The van der Waals surface area contributed by atoms with Gasteiger partial charge in [0.1, 0.15) is 11.5 Å². The van der Waals surface area contributed by atoms with Crippen LogP contribution in [-0.2, 0) is 11.2 Å². The molecule has 2 saturated heterocycles. The van der Waals surface area contributed by atoms with Crippen LogP contribution in [0.4, 0.5) is 0 Å². The monoisotopic (exact) mass is 452 g/mol. The molecule has 1 atom stereocenters. The zero-order chi connectivity index (χ0) is 23.1. The molecule has 0 unspecified atom stereocenters. The first kappa shape index (κ1) is 23.6. The molecule has 2 fully saturated rings. The van der Waals surface area contributed by atoms with E-state index in [1.54, 1.807) is 32.4 Å². The Morgan fingerprint density at radius 1 is 1.09 bits per heavy atom. The topological polar surface area (TPSA) is 60.0 Å². The van der Waals surface area contributed by atoms with Gasteiger partial charge in [-0.3, -0.25) is 4.79 Å². The number of nitrogens with one attached hydrogen (secondary N) is 1. The molecule has 0 bridgehead atoms. The summed E-state index contributed by atoms with van der Waals surface area (Å²) in [5.41, 5.74) is 1.92. The summed E-state index contributed by atoms with van der Waals surface area (Å²) < 4.78 is 17.1. The second kappa shape index (κ2) is 11.0. The standard InChI is InChI=1S/C27H36N2O4/c1-31-22-10-11-24(25(19-22)32-2)26(30)28-20-23-12-13-27(33-23)14-17-29(18-15-27)16-6-9-21-7-4-3-5-8-21/h3-5,7-8,10-11,19,23H,6,9,12-18,20H2,1-2H3,(H,28,30)/t23-/m1/s1. The maximum Gasteiger partial charge on any atom is 0.255 e. The van der Waals surface area contributed by atoms with Gasteiger partial charge in [0, 0.05) is 25.7 Å². The Balaban J connectivity index is 1.19. The molecule has 1 spiro atoms. The third-order valence-corrected chi connectivity index (χ3v) is 7.03. The second-order valence-corrected chi connectivity index (χ2v) is 9.17. The Kier molecular flexibility index (Phi) is 7.89. The smallest absolute Gasteiger partial charge is 0.255 e. The molecule has 0 aromatic heterocycles. The molecule has 0 aliphatic carbocycles. The number of carbonyl (C=O) groups excluding carboxylic acids is 1. The van der Waals surface area contributed by atoms with E-state index in [4.69, 9.17) is 14.2 Å². The van der Waals surface area contributed by atoms with Crippen molar-refractivity contribution in [2.45, 2.75) is 50.2 Å². The molecular formula is C27H36N2O4. The van der Waals surface area contributed by atoms with Gasteiger partial charge in [0.2, 0.25) is 0 Å². The van der Waals surface area contributed by atoms with Crippen molar-refractivity contribution in [1.82, 2.24) is 10.2 Å². The van der Waals surface area contributed by atoms with Gasteiger partial charge in [-0.25, -0.2) is 0 Å². The average molecular weight is 453 g/mol. The minimum absolute atomic E-state index is 0.0108. The van der Waals surface area contributed by atoms with Gasteiger partial charge in [-0.15, -0.1) is 0 Å². The molecule has 2 heterocycles. The van der Waals surface area contributed by atoms with E-state index >= 15 is 0 Å². The van der Waals surface area contributed by atoms with E-state index in [1.807, 2.05) is 0 Å². The lowest BCUT2D eigenvalue weighted by Gasteiger charge is -2.39. The van der Waals surface area contributed by atoms with Gasteiger partial charge in [-0.2, -0.15) is 0 Å². The fourth-order valence-corrected chi connectivity index (χ4v) is 5.03. The van der Waals surface area contributed by atoms with Crippen molar-refractivity contribution in [3.05, 3.63) is 59.7 Å². The Morgan fingerprint density at radius 2 is 1.88 bits per heavy atom. The van der Waals surface area contributed by atoms with E-state index in [0.717, 1.165) is 51.7 Å². The van der Waals surface area contributed by atoms with Crippen LogP contribution in [-0.4, -0.2) is 62.9 Å². The van der Waals surface area contributed by atoms with Crippen LogP contribution in [0, 0.1) is 0 Å². The largest absolute Gasteiger partial charge is 0.497 e. The summed E-state index contributed by atoms with van der Waals surface area (Å²) in [7, 11) is 3.15. The average Bonchev–Trinajstić information content (AvgIpc) is 3.26. The SMILES string of the molecule is COc1ccc(C(=O)NC[C@H]2CCC3(CCN(CCCc4ccccc4)CC3)O2)c(OC)c1. The number of nitrogens with zero attached hydrogens (tertiary/aromatic N) is 1. The first-order chi connectivity index (χ1) is 16.1. The maximum absolute atomic E-state index is 12.7. The van der Waals surface area contributed by atoms with Crippen molar-refractivity contribution in [1.29, 1.82) is 0 Å². The first-order valence-corrected chi connectivity index (χ1v) is 12.1. The van der Waals surface area contributed by atoms with Crippen molar-refractivity contribution in [2.24, 2.45) is 0 Å². The van der Waals surface area contributed by atoms with E-state index in [1.165, 1.54) is 12.0 Å². The van der Waals surface area contributed by atoms with Crippen LogP contribution in [0.15, 0.2) is 48.5 Å². The van der Waals surface area contributed by atoms with E-state index in [9.17, 15) is 4.79 Å². The molecule has 2 aromatic carbocycles. The summed E-state index contributed by atoms with van der Waals surface area (Å²) >= 11 is 0. The Labute approximate surface area is 197 Å². The molecule has 2 aliphatic heterocycles. The molecule has 2 aromatic rings. The summed E-state index contributed by atoms with van der Waals surface area (Å²) in [6.07, 6.45) is 6.64. The van der Waals surface area contributed by atoms with Gasteiger partial charge in [0.25, 0.3) is 5.91 Å².